The predicted molar refractivity (Wildman–Crippen MR) is 78.4 cm³/mol. The number of hydrogen-bond acceptors (Lipinski definition) is 0. The molecule has 0 aliphatic rings. The lowest BCUT2D eigenvalue weighted by molar-refractivity contribution is -0.468. The van der Waals surface area contributed by atoms with Gasteiger partial charge in [-0.05, 0) is 6.04 Å². The average molecular weight is 632 g/mol. The van der Waals surface area contributed by atoms with E-state index in [1.54, 1.807) is 0 Å². The minimum absolute atomic E-state index is 1.79. The molecule has 0 spiro atoms. The Balaban J connectivity index is 6.77. The van der Waals surface area contributed by atoms with Crippen LogP contribution in [0.3, 0.4) is 0 Å². The zero-order valence-electron chi connectivity index (χ0n) is 14.7. The fourth-order valence-electron chi connectivity index (χ4n) is 1.85. The molecule has 206 valence electrons. The zero-order chi connectivity index (χ0) is 28.4. The predicted octanol–water partition coefficient (Wildman–Crippen LogP) is 8.68. The molecule has 0 heterocycles. The number of halogens is 22. The van der Waals surface area contributed by atoms with E-state index in [0.29, 0.717) is 0 Å². The SMILES string of the molecule is FC(F)(F)C(F)(F)C(F)(F)C(F)(F)C(F)(F)C(F)(F)C(F)(F)C(F)(F)C(F)(F)CC[Si](Cl)(Cl)Cl. The van der Waals surface area contributed by atoms with Crippen molar-refractivity contribution >= 4 is 39.2 Å². The molecule has 0 radical (unpaired) electrons. The summed E-state index contributed by atoms with van der Waals surface area (Å²) in [6.07, 6.45) is -10.7. The highest BCUT2D eigenvalue weighted by Gasteiger charge is 2.96. The summed E-state index contributed by atoms with van der Waals surface area (Å²) in [5.41, 5.74) is 0. The fraction of sp³-hybridized carbons (Fsp3) is 1.00. The smallest absolute Gasteiger partial charge is 0.200 e. The molecule has 0 amide bonds. The molecule has 0 saturated heterocycles. The minimum atomic E-state index is -8.94. The van der Waals surface area contributed by atoms with Crippen LogP contribution < -0.4 is 0 Å². The Hall–Kier alpha value is -0.243. The van der Waals surface area contributed by atoms with Crippen LogP contribution in [0.5, 0.6) is 0 Å². The lowest BCUT2D eigenvalue weighted by Gasteiger charge is -2.43. The van der Waals surface area contributed by atoms with E-state index >= 15 is 0 Å². The molecule has 23 heteroatoms. The standard InChI is InChI=1S/C11H4Cl3F19Si/c12-34(13,14)2-1-3(15,16)4(17,18)5(19,20)6(21,22)7(23,24)8(25,26)9(27,28)10(29,30)11(31,32)33/h1-2H2. The first-order valence-corrected chi connectivity index (χ1v) is 12.6. The van der Waals surface area contributed by atoms with Crippen molar-refractivity contribution in [1.82, 2.24) is 0 Å². The van der Waals surface area contributed by atoms with Crippen molar-refractivity contribution in [3.63, 3.8) is 0 Å². The first kappa shape index (κ1) is 33.8. The maximum atomic E-state index is 13.5. The van der Waals surface area contributed by atoms with Crippen LogP contribution in [0.1, 0.15) is 6.42 Å². The molecule has 0 bridgehead atoms. The average Bonchev–Trinajstić information content (AvgIpc) is 2.57. The molecular weight excluding hydrogens is 628 g/mol. The fourth-order valence-corrected chi connectivity index (χ4v) is 3.30. The van der Waals surface area contributed by atoms with E-state index in [4.69, 9.17) is 33.2 Å². The van der Waals surface area contributed by atoms with Crippen molar-refractivity contribution in [3.8, 4) is 0 Å². The summed E-state index contributed by atoms with van der Waals surface area (Å²) in [5.74, 6) is -66.7. The van der Waals surface area contributed by atoms with Crippen LogP contribution in [0, 0.1) is 0 Å². The maximum Gasteiger partial charge on any atom is 0.460 e. The molecule has 0 rings (SSSR count). The second kappa shape index (κ2) is 8.66. The van der Waals surface area contributed by atoms with Gasteiger partial charge in [-0.2, -0.15) is 83.4 Å². The monoisotopic (exact) mass is 630 g/mol. The van der Waals surface area contributed by atoms with Crippen LogP contribution in [-0.4, -0.2) is 59.6 Å². The van der Waals surface area contributed by atoms with Crippen molar-refractivity contribution in [3.05, 3.63) is 0 Å². The Morgan fingerprint density at radius 2 is 0.618 bits per heavy atom. The summed E-state index contributed by atoms with van der Waals surface area (Å²) in [4.78, 5) is 0. The Labute approximate surface area is 189 Å². The van der Waals surface area contributed by atoms with Gasteiger partial charge in [-0.3, -0.25) is 0 Å². The normalized spacial score (nSPS) is 16.8. The summed E-state index contributed by atoms with van der Waals surface area (Å²) in [5, 5.41) is 0. The third-order valence-electron chi connectivity index (χ3n) is 3.90. The van der Waals surface area contributed by atoms with Crippen LogP contribution in [-0.2, 0) is 0 Å². The van der Waals surface area contributed by atoms with E-state index < -0.39 is 72.0 Å². The third kappa shape index (κ3) is 4.84. The highest BCUT2D eigenvalue weighted by Crippen LogP contribution is 2.65. The molecule has 0 saturated carbocycles. The van der Waals surface area contributed by atoms with E-state index in [9.17, 15) is 83.4 Å². The Kier molecular flexibility index (Phi) is 8.60. The second-order valence-electron chi connectivity index (χ2n) is 6.34. The van der Waals surface area contributed by atoms with E-state index in [0.717, 1.165) is 0 Å². The molecule has 0 N–H and O–H groups in total. The summed E-state index contributed by atoms with van der Waals surface area (Å²) in [7, 11) is 0. The van der Waals surface area contributed by atoms with Gasteiger partial charge in [-0.15, -0.1) is 33.2 Å². The first-order valence-electron chi connectivity index (χ1n) is 7.36. The van der Waals surface area contributed by atoms with Crippen molar-refractivity contribution < 1.29 is 83.4 Å². The molecule has 0 aliphatic carbocycles. The minimum Gasteiger partial charge on any atom is -0.200 e. The molecule has 0 aromatic rings. The van der Waals surface area contributed by atoms with Crippen LogP contribution >= 0.6 is 33.2 Å². The lowest BCUT2D eigenvalue weighted by atomic mass is 9.87. The molecular formula is C11H4Cl3F19Si. The van der Waals surface area contributed by atoms with E-state index in [1.807, 2.05) is 0 Å². The van der Waals surface area contributed by atoms with E-state index in [-0.39, 0.29) is 0 Å². The molecule has 0 aromatic carbocycles. The summed E-state index contributed by atoms with van der Waals surface area (Å²) in [6, 6.07) is -6.25. The Bertz CT molecular complexity index is 737. The van der Waals surface area contributed by atoms with Gasteiger partial charge in [0.25, 0.3) is 0 Å². The molecule has 0 aliphatic heterocycles. The van der Waals surface area contributed by atoms with Crippen LogP contribution in [0.15, 0.2) is 0 Å². The highest BCUT2D eigenvalue weighted by molar-refractivity contribution is 7.64. The second-order valence-corrected chi connectivity index (χ2v) is 15.6. The van der Waals surface area contributed by atoms with Gasteiger partial charge in [0.05, 0.1) is 0 Å². The van der Waals surface area contributed by atoms with Gasteiger partial charge in [0.15, 0.2) is 0 Å². The zero-order valence-corrected chi connectivity index (χ0v) is 18.0. The van der Waals surface area contributed by atoms with Gasteiger partial charge < -0.3 is 0 Å². The molecule has 0 aromatic heterocycles. The molecule has 34 heavy (non-hydrogen) atoms. The van der Waals surface area contributed by atoms with Crippen molar-refractivity contribution in [1.29, 1.82) is 0 Å². The van der Waals surface area contributed by atoms with E-state index in [2.05, 4.69) is 0 Å². The summed E-state index contributed by atoms with van der Waals surface area (Å²) < 4.78 is 248. The molecule has 0 unspecified atom stereocenters. The highest BCUT2D eigenvalue weighted by atomic mass is 35.8. The van der Waals surface area contributed by atoms with Gasteiger partial charge in [0.2, 0.25) is 0 Å². The summed E-state index contributed by atoms with van der Waals surface area (Å²) >= 11 is 14.8. The van der Waals surface area contributed by atoms with Crippen molar-refractivity contribution in [2.75, 3.05) is 0 Å². The molecule has 0 fully saturated rings. The van der Waals surface area contributed by atoms with E-state index in [1.165, 1.54) is 0 Å². The van der Waals surface area contributed by atoms with Gasteiger partial charge in [-0.1, -0.05) is 0 Å². The Morgan fingerprint density at radius 1 is 0.382 bits per heavy atom. The van der Waals surface area contributed by atoms with Crippen LogP contribution in [0.4, 0.5) is 83.4 Å². The maximum absolute atomic E-state index is 13.5. The van der Waals surface area contributed by atoms with Crippen molar-refractivity contribution in [2.45, 2.75) is 66.0 Å². The largest absolute Gasteiger partial charge is 0.460 e. The first-order chi connectivity index (χ1) is 14.2. The number of alkyl halides is 19. The van der Waals surface area contributed by atoms with Crippen molar-refractivity contribution in [2.24, 2.45) is 0 Å². The topological polar surface area (TPSA) is 0 Å². The summed E-state index contributed by atoms with van der Waals surface area (Å²) in [6.45, 7) is 0. The molecule has 0 atom stereocenters. The Morgan fingerprint density at radius 3 is 0.853 bits per heavy atom. The van der Waals surface area contributed by atoms with Gasteiger partial charge in [0.1, 0.15) is 0 Å². The number of rotatable bonds is 10. The van der Waals surface area contributed by atoms with Gasteiger partial charge >= 0.3 is 59.6 Å². The van der Waals surface area contributed by atoms with Gasteiger partial charge in [-0.25, -0.2) is 0 Å². The quantitative estimate of drug-likeness (QED) is 0.129. The van der Waals surface area contributed by atoms with Crippen LogP contribution in [0.2, 0.25) is 6.04 Å². The third-order valence-corrected chi connectivity index (χ3v) is 6.42. The number of hydrogen-bond donors (Lipinski definition) is 0. The van der Waals surface area contributed by atoms with Gasteiger partial charge in [0, 0.05) is 6.42 Å². The van der Waals surface area contributed by atoms with Crippen LogP contribution in [0.25, 0.3) is 0 Å². The molecule has 0 nitrogen and oxygen atoms in total. The lowest BCUT2D eigenvalue weighted by Crippen LogP contribution is -2.75.